The molecule has 110 valence electrons. The Morgan fingerprint density at radius 2 is 1.71 bits per heavy atom. The molecule has 0 aliphatic carbocycles. The first-order chi connectivity index (χ1) is 10.2. The first kappa shape index (κ1) is 15.5. The fraction of sp³-hybridized carbons (Fsp3) is 0.312. The summed E-state index contributed by atoms with van der Waals surface area (Å²) in [5.41, 5.74) is 3.30. The number of benzene rings is 1. The molecule has 0 aliphatic heterocycles. The van der Waals surface area contributed by atoms with E-state index >= 15 is 0 Å². The summed E-state index contributed by atoms with van der Waals surface area (Å²) >= 11 is 1.34. The lowest BCUT2D eigenvalue weighted by Gasteiger charge is -2.14. The molecule has 5 heteroatoms. The van der Waals surface area contributed by atoms with Crippen LogP contribution in [-0.2, 0) is 17.6 Å². The largest absolute Gasteiger partial charge is 0.325 e. The highest BCUT2D eigenvalue weighted by atomic mass is 32.2. The van der Waals surface area contributed by atoms with Gasteiger partial charge in [0.2, 0.25) is 5.91 Å². The molecule has 0 saturated heterocycles. The van der Waals surface area contributed by atoms with Gasteiger partial charge < -0.3 is 5.32 Å². The van der Waals surface area contributed by atoms with Gasteiger partial charge in [-0.15, -0.1) is 0 Å². The number of hydrogen-bond acceptors (Lipinski definition) is 4. The van der Waals surface area contributed by atoms with Crippen LogP contribution in [0.4, 0.5) is 5.69 Å². The van der Waals surface area contributed by atoms with Crippen molar-refractivity contribution >= 4 is 23.4 Å². The number of aryl methyl sites for hydroxylation is 2. The van der Waals surface area contributed by atoms with Gasteiger partial charge in [-0.3, -0.25) is 4.79 Å². The van der Waals surface area contributed by atoms with Crippen LogP contribution < -0.4 is 5.32 Å². The normalized spacial score (nSPS) is 10.4. The lowest BCUT2D eigenvalue weighted by atomic mass is 10.0. The van der Waals surface area contributed by atoms with Crippen molar-refractivity contribution < 1.29 is 4.79 Å². The van der Waals surface area contributed by atoms with Crippen LogP contribution in [0.25, 0.3) is 0 Å². The molecule has 1 heterocycles. The average Bonchev–Trinajstić information content (AvgIpc) is 2.54. The van der Waals surface area contributed by atoms with Crippen molar-refractivity contribution in [1.29, 1.82) is 0 Å². The van der Waals surface area contributed by atoms with Crippen LogP contribution in [0.3, 0.4) is 0 Å². The van der Waals surface area contributed by atoms with Gasteiger partial charge in [0.05, 0.1) is 5.75 Å². The minimum Gasteiger partial charge on any atom is -0.325 e. The molecule has 0 atom stereocenters. The Bertz CT molecular complexity index is 579. The maximum atomic E-state index is 12.1. The number of nitrogens with one attached hydrogen (secondary N) is 1. The second kappa shape index (κ2) is 7.78. The molecule has 0 aliphatic rings. The molecular weight excluding hydrogens is 282 g/mol. The number of anilines is 1. The van der Waals surface area contributed by atoms with Crippen LogP contribution in [0.1, 0.15) is 25.0 Å². The molecule has 0 spiro atoms. The third-order valence-electron chi connectivity index (χ3n) is 3.14. The first-order valence-electron chi connectivity index (χ1n) is 7.05. The van der Waals surface area contributed by atoms with E-state index < -0.39 is 0 Å². The molecule has 21 heavy (non-hydrogen) atoms. The van der Waals surface area contributed by atoms with Gasteiger partial charge in [0.25, 0.3) is 0 Å². The Balaban J connectivity index is 2.02. The average molecular weight is 301 g/mol. The van der Waals surface area contributed by atoms with Crippen LogP contribution in [0.2, 0.25) is 0 Å². The van der Waals surface area contributed by atoms with Gasteiger partial charge in [-0.05, 0) is 30.0 Å². The number of aromatic nitrogens is 2. The zero-order chi connectivity index (χ0) is 15.1. The number of nitrogens with zero attached hydrogens (tertiary/aromatic N) is 2. The Kier molecular flexibility index (Phi) is 5.75. The van der Waals surface area contributed by atoms with Crippen molar-refractivity contribution in [1.82, 2.24) is 9.97 Å². The molecule has 0 bridgehead atoms. The number of thioether (sulfide) groups is 1. The minimum atomic E-state index is -0.0250. The predicted molar refractivity (Wildman–Crippen MR) is 86.6 cm³/mol. The zero-order valence-electron chi connectivity index (χ0n) is 12.3. The van der Waals surface area contributed by atoms with E-state index in [-0.39, 0.29) is 5.91 Å². The van der Waals surface area contributed by atoms with Gasteiger partial charge in [-0.25, -0.2) is 9.97 Å². The standard InChI is InChI=1S/C16H19N3OS/c1-3-12-7-5-8-13(4-2)15(12)19-14(20)11-21-16-17-9-6-10-18-16/h5-10H,3-4,11H2,1-2H3,(H,19,20). The molecule has 1 amide bonds. The van der Waals surface area contributed by atoms with E-state index in [0.29, 0.717) is 10.9 Å². The van der Waals surface area contributed by atoms with E-state index in [1.165, 1.54) is 22.9 Å². The molecule has 0 saturated carbocycles. The second-order valence-electron chi connectivity index (χ2n) is 4.53. The Morgan fingerprint density at radius 3 is 2.29 bits per heavy atom. The highest BCUT2D eigenvalue weighted by Gasteiger charge is 2.10. The van der Waals surface area contributed by atoms with Gasteiger partial charge in [-0.1, -0.05) is 43.8 Å². The van der Waals surface area contributed by atoms with Crippen LogP contribution in [0, 0.1) is 0 Å². The summed E-state index contributed by atoms with van der Waals surface area (Å²) in [7, 11) is 0. The van der Waals surface area contributed by atoms with E-state index in [4.69, 9.17) is 0 Å². The quantitative estimate of drug-likeness (QED) is 0.657. The number of carbonyl (C=O) groups excluding carboxylic acids is 1. The summed E-state index contributed by atoms with van der Waals surface area (Å²) in [6.07, 6.45) is 5.15. The lowest BCUT2D eigenvalue weighted by Crippen LogP contribution is -2.17. The molecule has 0 fully saturated rings. The van der Waals surface area contributed by atoms with Crippen molar-refractivity contribution in [2.45, 2.75) is 31.8 Å². The summed E-state index contributed by atoms with van der Waals surface area (Å²) in [6, 6.07) is 7.92. The van der Waals surface area contributed by atoms with Gasteiger partial charge in [0.1, 0.15) is 0 Å². The zero-order valence-corrected chi connectivity index (χ0v) is 13.1. The van der Waals surface area contributed by atoms with E-state index in [2.05, 4.69) is 41.3 Å². The SMILES string of the molecule is CCc1cccc(CC)c1NC(=O)CSc1ncccn1. The van der Waals surface area contributed by atoms with Crippen LogP contribution >= 0.6 is 11.8 Å². The number of para-hydroxylation sites is 1. The van der Waals surface area contributed by atoms with Gasteiger partial charge in [0.15, 0.2) is 5.16 Å². The third kappa shape index (κ3) is 4.29. The van der Waals surface area contributed by atoms with Crippen molar-refractivity contribution in [3.63, 3.8) is 0 Å². The van der Waals surface area contributed by atoms with Gasteiger partial charge in [0, 0.05) is 18.1 Å². The number of amides is 1. The summed E-state index contributed by atoms with van der Waals surface area (Å²) in [6.45, 7) is 4.19. The Morgan fingerprint density at radius 1 is 1.10 bits per heavy atom. The fourth-order valence-electron chi connectivity index (χ4n) is 2.07. The van der Waals surface area contributed by atoms with E-state index in [9.17, 15) is 4.79 Å². The number of carbonyl (C=O) groups is 1. The van der Waals surface area contributed by atoms with Crippen LogP contribution in [-0.4, -0.2) is 21.6 Å². The van der Waals surface area contributed by atoms with Crippen molar-refractivity contribution in [2.24, 2.45) is 0 Å². The molecule has 2 aromatic rings. The van der Waals surface area contributed by atoms with E-state index in [0.717, 1.165) is 18.5 Å². The topological polar surface area (TPSA) is 54.9 Å². The molecule has 4 nitrogen and oxygen atoms in total. The minimum absolute atomic E-state index is 0.0250. The fourth-order valence-corrected chi connectivity index (χ4v) is 2.67. The maximum absolute atomic E-state index is 12.1. The van der Waals surface area contributed by atoms with Gasteiger partial charge >= 0.3 is 0 Å². The maximum Gasteiger partial charge on any atom is 0.234 e. The van der Waals surface area contributed by atoms with E-state index in [1.54, 1.807) is 18.5 Å². The van der Waals surface area contributed by atoms with Crippen molar-refractivity contribution in [2.75, 3.05) is 11.1 Å². The molecule has 0 unspecified atom stereocenters. The van der Waals surface area contributed by atoms with Crippen molar-refractivity contribution in [3.05, 3.63) is 47.8 Å². The smallest absolute Gasteiger partial charge is 0.234 e. The van der Waals surface area contributed by atoms with Crippen molar-refractivity contribution in [3.8, 4) is 0 Å². The Labute approximate surface area is 129 Å². The molecule has 2 rings (SSSR count). The van der Waals surface area contributed by atoms with Crippen LogP contribution in [0.15, 0.2) is 41.8 Å². The Hall–Kier alpha value is -1.88. The molecule has 1 aromatic heterocycles. The number of hydrogen-bond donors (Lipinski definition) is 1. The molecule has 1 aromatic carbocycles. The highest BCUT2D eigenvalue weighted by Crippen LogP contribution is 2.23. The summed E-state index contributed by atoms with van der Waals surface area (Å²) in [5.74, 6) is 0.286. The van der Waals surface area contributed by atoms with E-state index in [1.807, 2.05) is 6.07 Å². The lowest BCUT2D eigenvalue weighted by molar-refractivity contribution is -0.113. The predicted octanol–water partition coefficient (Wildman–Crippen LogP) is 3.33. The molecular formula is C16H19N3OS. The molecule has 1 N–H and O–H groups in total. The second-order valence-corrected chi connectivity index (χ2v) is 5.47. The first-order valence-corrected chi connectivity index (χ1v) is 8.03. The molecule has 0 radical (unpaired) electrons. The highest BCUT2D eigenvalue weighted by molar-refractivity contribution is 7.99. The number of rotatable bonds is 6. The van der Waals surface area contributed by atoms with Crippen LogP contribution in [0.5, 0.6) is 0 Å². The monoisotopic (exact) mass is 301 g/mol. The van der Waals surface area contributed by atoms with Gasteiger partial charge in [-0.2, -0.15) is 0 Å². The summed E-state index contributed by atoms with van der Waals surface area (Å²) in [5, 5.41) is 3.65. The summed E-state index contributed by atoms with van der Waals surface area (Å²) in [4.78, 5) is 20.3. The summed E-state index contributed by atoms with van der Waals surface area (Å²) < 4.78 is 0. The third-order valence-corrected chi connectivity index (χ3v) is 4.01.